The van der Waals surface area contributed by atoms with Crippen molar-refractivity contribution in [3.63, 3.8) is 0 Å². The monoisotopic (exact) mass is 239 g/mol. The molecule has 3 nitrogen and oxygen atoms in total. The van der Waals surface area contributed by atoms with E-state index in [4.69, 9.17) is 0 Å². The van der Waals surface area contributed by atoms with Gasteiger partial charge in [-0.1, -0.05) is 19.8 Å². The lowest BCUT2D eigenvalue weighted by Crippen LogP contribution is -2.08. The number of aromatic nitrogens is 2. The molecule has 2 rings (SSSR count). The first-order valence-electron chi connectivity index (χ1n) is 6.28. The van der Waals surface area contributed by atoms with Gasteiger partial charge in [-0.2, -0.15) is 0 Å². The number of hydrogen-bond acceptors (Lipinski definition) is 4. The van der Waals surface area contributed by atoms with Crippen LogP contribution in [0.15, 0.2) is 0 Å². The molecule has 0 amide bonds. The fraction of sp³-hybridized carbons (Fsp3) is 0.833. The van der Waals surface area contributed by atoms with Gasteiger partial charge in [-0.25, -0.2) is 0 Å². The summed E-state index contributed by atoms with van der Waals surface area (Å²) in [5.74, 6) is 1.49. The Morgan fingerprint density at radius 2 is 2.25 bits per heavy atom. The molecule has 1 saturated carbocycles. The molecule has 0 saturated heterocycles. The molecule has 1 aliphatic rings. The van der Waals surface area contributed by atoms with Gasteiger partial charge in [0, 0.05) is 12.3 Å². The fourth-order valence-corrected chi connectivity index (χ4v) is 3.60. The largest absolute Gasteiger partial charge is 0.320 e. The van der Waals surface area contributed by atoms with Gasteiger partial charge in [-0.15, -0.1) is 21.5 Å². The summed E-state index contributed by atoms with van der Waals surface area (Å²) < 4.78 is 0. The summed E-state index contributed by atoms with van der Waals surface area (Å²) >= 11 is 1.83. The number of aryl methyl sites for hydroxylation is 1. The summed E-state index contributed by atoms with van der Waals surface area (Å²) in [4.78, 5) is 0. The predicted molar refractivity (Wildman–Crippen MR) is 67.9 cm³/mol. The van der Waals surface area contributed by atoms with Crippen LogP contribution >= 0.6 is 11.3 Å². The molecule has 0 spiro atoms. The van der Waals surface area contributed by atoms with Crippen molar-refractivity contribution in [2.45, 2.75) is 44.9 Å². The van der Waals surface area contributed by atoms with Gasteiger partial charge < -0.3 is 5.32 Å². The van der Waals surface area contributed by atoms with Gasteiger partial charge in [0.1, 0.15) is 10.0 Å². The van der Waals surface area contributed by atoms with Crippen LogP contribution in [-0.2, 0) is 6.42 Å². The van der Waals surface area contributed by atoms with Crippen molar-refractivity contribution in [3.05, 3.63) is 10.0 Å². The fourth-order valence-electron chi connectivity index (χ4n) is 2.45. The number of nitrogens with zero attached hydrogens (tertiary/aromatic N) is 2. The van der Waals surface area contributed by atoms with Crippen molar-refractivity contribution in [1.82, 2.24) is 15.5 Å². The lowest BCUT2D eigenvalue weighted by Gasteiger charge is -2.10. The highest BCUT2D eigenvalue weighted by molar-refractivity contribution is 7.11. The number of hydrogen-bond donors (Lipinski definition) is 1. The molecule has 1 fully saturated rings. The first-order valence-corrected chi connectivity index (χ1v) is 7.09. The molecule has 1 N–H and O–H groups in total. The Morgan fingerprint density at radius 3 is 2.94 bits per heavy atom. The van der Waals surface area contributed by atoms with Crippen LogP contribution in [0.4, 0.5) is 0 Å². The molecule has 1 aliphatic carbocycles. The first-order chi connectivity index (χ1) is 7.81. The second kappa shape index (κ2) is 5.73. The van der Waals surface area contributed by atoms with E-state index in [9.17, 15) is 0 Å². The van der Waals surface area contributed by atoms with Gasteiger partial charge in [-0.3, -0.25) is 0 Å². The second-order valence-electron chi connectivity index (χ2n) is 4.76. The van der Waals surface area contributed by atoms with Crippen LogP contribution in [-0.4, -0.2) is 23.8 Å². The van der Waals surface area contributed by atoms with Gasteiger partial charge in [0.25, 0.3) is 0 Å². The molecular formula is C12H21N3S. The molecule has 1 aromatic rings. The summed E-state index contributed by atoms with van der Waals surface area (Å²) in [6, 6.07) is 0. The van der Waals surface area contributed by atoms with Crippen LogP contribution in [0.3, 0.4) is 0 Å². The Hall–Kier alpha value is -0.480. The molecule has 0 aliphatic heterocycles. The molecule has 0 bridgehead atoms. The van der Waals surface area contributed by atoms with E-state index < -0.39 is 0 Å². The topological polar surface area (TPSA) is 37.8 Å². The summed E-state index contributed by atoms with van der Waals surface area (Å²) in [5, 5.41) is 14.3. The molecular weight excluding hydrogens is 218 g/mol. The van der Waals surface area contributed by atoms with Crippen LogP contribution < -0.4 is 5.32 Å². The zero-order chi connectivity index (χ0) is 11.4. The van der Waals surface area contributed by atoms with E-state index in [0.29, 0.717) is 5.92 Å². The van der Waals surface area contributed by atoms with Crippen molar-refractivity contribution >= 4 is 11.3 Å². The van der Waals surface area contributed by atoms with Gasteiger partial charge in [0.15, 0.2) is 0 Å². The first kappa shape index (κ1) is 12.0. The van der Waals surface area contributed by atoms with Crippen molar-refractivity contribution < 1.29 is 0 Å². The average Bonchev–Trinajstić information content (AvgIpc) is 2.87. The van der Waals surface area contributed by atoms with E-state index in [1.165, 1.54) is 29.3 Å². The number of nitrogens with one attached hydrogen (secondary N) is 1. The highest BCUT2D eigenvalue weighted by atomic mass is 32.1. The molecule has 16 heavy (non-hydrogen) atoms. The molecule has 2 atom stereocenters. The maximum absolute atomic E-state index is 4.38. The van der Waals surface area contributed by atoms with Gasteiger partial charge in [0.05, 0.1) is 0 Å². The van der Waals surface area contributed by atoms with Crippen molar-refractivity contribution in [1.29, 1.82) is 0 Å². The van der Waals surface area contributed by atoms with Crippen molar-refractivity contribution in [3.8, 4) is 0 Å². The smallest absolute Gasteiger partial charge is 0.120 e. The molecule has 1 aromatic heterocycles. The number of rotatable bonds is 5. The maximum Gasteiger partial charge on any atom is 0.120 e. The Kier molecular flexibility index (Phi) is 4.29. The van der Waals surface area contributed by atoms with Crippen LogP contribution in [0.25, 0.3) is 0 Å². The average molecular weight is 239 g/mol. The predicted octanol–water partition coefficient (Wildman–Crippen LogP) is 2.59. The van der Waals surface area contributed by atoms with Gasteiger partial charge in [0.2, 0.25) is 0 Å². The standard InChI is InChI=1S/C12H21N3S/c1-9-5-3-6-10(9)12-15-14-11(16-12)7-4-8-13-2/h9-10,13H,3-8H2,1-2H3. The minimum Gasteiger partial charge on any atom is -0.320 e. The van der Waals surface area contributed by atoms with E-state index in [-0.39, 0.29) is 0 Å². The van der Waals surface area contributed by atoms with Crippen LogP contribution in [0.5, 0.6) is 0 Å². The van der Waals surface area contributed by atoms with Gasteiger partial charge >= 0.3 is 0 Å². The zero-order valence-electron chi connectivity index (χ0n) is 10.2. The summed E-state index contributed by atoms with van der Waals surface area (Å²) in [6.45, 7) is 3.41. The SMILES string of the molecule is CNCCCc1nnc(C2CCCC2C)s1. The summed E-state index contributed by atoms with van der Waals surface area (Å²) in [7, 11) is 1.99. The Bertz CT molecular complexity index is 324. The third-order valence-corrected chi connectivity index (χ3v) is 4.59. The Morgan fingerprint density at radius 1 is 1.38 bits per heavy atom. The van der Waals surface area contributed by atoms with E-state index >= 15 is 0 Å². The lowest BCUT2D eigenvalue weighted by atomic mass is 9.99. The van der Waals surface area contributed by atoms with E-state index in [1.807, 2.05) is 18.4 Å². The third kappa shape index (κ3) is 2.80. The Balaban J connectivity index is 1.91. The Labute approximate surface area is 102 Å². The summed E-state index contributed by atoms with van der Waals surface area (Å²) in [5.41, 5.74) is 0. The zero-order valence-corrected chi connectivity index (χ0v) is 11.0. The third-order valence-electron chi connectivity index (χ3n) is 3.48. The van der Waals surface area contributed by atoms with Crippen LogP contribution in [0.1, 0.15) is 48.5 Å². The van der Waals surface area contributed by atoms with Crippen LogP contribution in [0, 0.1) is 5.92 Å². The molecule has 0 radical (unpaired) electrons. The highest BCUT2D eigenvalue weighted by Crippen LogP contribution is 2.40. The lowest BCUT2D eigenvalue weighted by molar-refractivity contribution is 0.527. The van der Waals surface area contributed by atoms with E-state index in [2.05, 4.69) is 22.4 Å². The minimum absolute atomic E-state index is 0.690. The second-order valence-corrected chi connectivity index (χ2v) is 5.85. The molecule has 4 heteroatoms. The molecule has 0 aromatic carbocycles. The normalized spacial score (nSPS) is 25.1. The van der Waals surface area contributed by atoms with Gasteiger partial charge in [-0.05, 0) is 32.4 Å². The van der Waals surface area contributed by atoms with Crippen molar-refractivity contribution in [2.24, 2.45) is 5.92 Å². The quantitative estimate of drug-likeness (QED) is 0.803. The highest BCUT2D eigenvalue weighted by Gasteiger charge is 2.27. The molecule has 2 unspecified atom stereocenters. The molecule has 90 valence electrons. The minimum atomic E-state index is 0.690. The van der Waals surface area contributed by atoms with E-state index in [1.54, 1.807) is 0 Å². The molecule has 1 heterocycles. The maximum atomic E-state index is 4.38. The van der Waals surface area contributed by atoms with Crippen LogP contribution in [0.2, 0.25) is 0 Å². The van der Waals surface area contributed by atoms with Crippen molar-refractivity contribution in [2.75, 3.05) is 13.6 Å². The summed E-state index contributed by atoms with van der Waals surface area (Å²) in [6.07, 6.45) is 6.26. The van der Waals surface area contributed by atoms with E-state index in [0.717, 1.165) is 25.3 Å².